The molecule has 8 heteroatoms. The molecule has 0 radical (unpaired) electrons. The Morgan fingerprint density at radius 2 is 1.56 bits per heavy atom. The normalized spacial score (nSPS) is 35.1. The lowest BCUT2D eigenvalue weighted by atomic mass is 9.53. The van der Waals surface area contributed by atoms with Gasteiger partial charge in [-0.3, -0.25) is 10.1 Å². The van der Waals surface area contributed by atoms with Crippen LogP contribution in [0.4, 0.5) is 5.69 Å². The quantitative estimate of drug-likeness (QED) is 0.576. The minimum Gasteiger partial charge on any atom is -0.549 e. The second-order valence-electron chi connectivity index (χ2n) is 7.04. The number of carboxylic acids is 2. The number of carbonyl (C=O) groups excluding carboxylic acids is 2. The molecule has 1 heterocycles. The van der Waals surface area contributed by atoms with E-state index >= 15 is 0 Å². The van der Waals surface area contributed by atoms with Crippen LogP contribution in [-0.4, -0.2) is 28.9 Å². The number of hydrogen-bond acceptors (Lipinski definition) is 7. The fourth-order valence-electron chi connectivity index (χ4n) is 3.94. The number of piperidine rings is 1. The third kappa shape index (κ3) is 2.66. The fourth-order valence-corrected chi connectivity index (χ4v) is 3.94. The lowest BCUT2D eigenvalue weighted by Crippen LogP contribution is -2.71. The largest absolute Gasteiger partial charge is 0.549 e. The highest BCUT2D eigenvalue weighted by molar-refractivity contribution is 5.81. The van der Waals surface area contributed by atoms with Crippen molar-refractivity contribution in [1.82, 2.24) is 5.32 Å². The molecule has 1 aromatic rings. The van der Waals surface area contributed by atoms with Crippen molar-refractivity contribution < 1.29 is 24.7 Å². The van der Waals surface area contributed by atoms with Gasteiger partial charge < -0.3 is 25.1 Å². The Morgan fingerprint density at radius 1 is 1.08 bits per heavy atom. The summed E-state index contributed by atoms with van der Waals surface area (Å²) in [7, 11) is 0. The summed E-state index contributed by atoms with van der Waals surface area (Å²) in [6.07, 6.45) is 0. The van der Waals surface area contributed by atoms with E-state index in [-0.39, 0.29) is 11.3 Å². The van der Waals surface area contributed by atoms with Crippen LogP contribution in [0.5, 0.6) is 0 Å². The van der Waals surface area contributed by atoms with E-state index in [0.29, 0.717) is 0 Å². The summed E-state index contributed by atoms with van der Waals surface area (Å²) in [4.78, 5) is 34.5. The fraction of sp³-hybridized carbons (Fsp3) is 0.529. The van der Waals surface area contributed by atoms with Crippen LogP contribution in [0.1, 0.15) is 39.2 Å². The van der Waals surface area contributed by atoms with E-state index in [0.717, 1.165) is 0 Å². The smallest absolute Gasteiger partial charge is 0.269 e. The van der Waals surface area contributed by atoms with Gasteiger partial charge in [0.15, 0.2) is 0 Å². The lowest BCUT2D eigenvalue weighted by Gasteiger charge is -2.59. The third-order valence-corrected chi connectivity index (χ3v) is 5.79. The van der Waals surface area contributed by atoms with E-state index < -0.39 is 45.7 Å². The molecule has 1 saturated heterocycles. The number of aliphatic carboxylic acids is 2. The standard InChI is InChI=1S/C17H22N2O6/c1-9-16(3,14(20)21)13(17(4,15(22)23)10(2)18-9)11-6-5-7-12(8-11)19(24)25/h5-10,13,18H,1-4H3,(H,20,21)(H,22,23)/p-2. The van der Waals surface area contributed by atoms with Gasteiger partial charge in [0.1, 0.15) is 0 Å². The van der Waals surface area contributed by atoms with Gasteiger partial charge in [0.2, 0.25) is 0 Å². The molecule has 1 N–H and O–H groups in total. The number of nitro benzene ring substituents is 1. The van der Waals surface area contributed by atoms with Crippen LogP contribution in [0.2, 0.25) is 0 Å². The Hall–Kier alpha value is -2.48. The van der Waals surface area contributed by atoms with Gasteiger partial charge in [-0.25, -0.2) is 0 Å². The molecule has 136 valence electrons. The molecular formula is C17H20N2O6-2. The van der Waals surface area contributed by atoms with Gasteiger partial charge in [0.05, 0.1) is 4.92 Å². The van der Waals surface area contributed by atoms with Gasteiger partial charge in [-0.05, 0) is 19.4 Å². The monoisotopic (exact) mass is 348 g/mol. The molecule has 0 aliphatic carbocycles. The van der Waals surface area contributed by atoms with Crippen LogP contribution in [-0.2, 0) is 9.59 Å². The van der Waals surface area contributed by atoms with E-state index in [1.807, 2.05) is 0 Å². The maximum atomic E-state index is 12.0. The first-order valence-electron chi connectivity index (χ1n) is 7.90. The zero-order valence-electron chi connectivity index (χ0n) is 14.4. The molecule has 0 spiro atoms. The Labute approximate surface area is 145 Å². The topological polar surface area (TPSA) is 135 Å². The highest BCUT2D eigenvalue weighted by Crippen LogP contribution is 2.54. The summed E-state index contributed by atoms with van der Waals surface area (Å²) < 4.78 is 0. The minimum absolute atomic E-state index is 0.238. The number of rotatable bonds is 4. The van der Waals surface area contributed by atoms with Crippen LogP contribution in [0.25, 0.3) is 0 Å². The van der Waals surface area contributed by atoms with E-state index in [2.05, 4.69) is 5.32 Å². The van der Waals surface area contributed by atoms with Crippen molar-refractivity contribution in [3.05, 3.63) is 39.9 Å². The first kappa shape index (κ1) is 18.9. The van der Waals surface area contributed by atoms with Crippen LogP contribution in [0.3, 0.4) is 0 Å². The average molecular weight is 348 g/mol. The number of benzene rings is 1. The van der Waals surface area contributed by atoms with Crippen molar-refractivity contribution in [1.29, 1.82) is 0 Å². The van der Waals surface area contributed by atoms with Gasteiger partial charge >= 0.3 is 0 Å². The summed E-state index contributed by atoms with van der Waals surface area (Å²) in [6.45, 7) is 6.06. The summed E-state index contributed by atoms with van der Waals surface area (Å²) in [5, 5.41) is 38.1. The van der Waals surface area contributed by atoms with Crippen molar-refractivity contribution in [3.8, 4) is 0 Å². The van der Waals surface area contributed by atoms with E-state index in [4.69, 9.17) is 0 Å². The number of non-ortho nitro benzene ring substituents is 1. The van der Waals surface area contributed by atoms with Gasteiger partial charge in [-0.1, -0.05) is 26.0 Å². The Morgan fingerprint density at radius 3 is 1.96 bits per heavy atom. The maximum absolute atomic E-state index is 12.0. The molecular weight excluding hydrogens is 328 g/mol. The highest BCUT2D eigenvalue weighted by atomic mass is 16.6. The Kier molecular flexibility index (Phi) is 4.61. The Balaban J connectivity index is 2.79. The molecule has 4 unspecified atom stereocenters. The molecule has 0 aromatic heterocycles. The van der Waals surface area contributed by atoms with Crippen LogP contribution >= 0.6 is 0 Å². The first-order valence-corrected chi connectivity index (χ1v) is 7.90. The van der Waals surface area contributed by atoms with Gasteiger partial charge in [0, 0.05) is 52.9 Å². The third-order valence-electron chi connectivity index (χ3n) is 5.79. The summed E-state index contributed by atoms with van der Waals surface area (Å²) in [6, 6.07) is 4.16. The van der Waals surface area contributed by atoms with Crippen molar-refractivity contribution in [3.63, 3.8) is 0 Å². The number of nitro groups is 1. The number of carboxylic acid groups (broad SMARTS) is 2. The van der Waals surface area contributed by atoms with E-state index in [9.17, 15) is 29.9 Å². The SMILES string of the molecule is CC1NC(C)C(C)(C(=O)[O-])C(c2cccc([N+](=O)[O-])c2)C1(C)C(=O)[O-]. The molecule has 4 atom stereocenters. The molecule has 8 nitrogen and oxygen atoms in total. The highest BCUT2D eigenvalue weighted by Gasteiger charge is 2.57. The number of nitrogens with one attached hydrogen (secondary N) is 1. The van der Waals surface area contributed by atoms with Gasteiger partial charge in [-0.15, -0.1) is 0 Å². The average Bonchev–Trinajstić information content (AvgIpc) is 2.53. The van der Waals surface area contributed by atoms with E-state index in [1.54, 1.807) is 13.8 Å². The second-order valence-corrected chi connectivity index (χ2v) is 7.04. The molecule has 1 aromatic carbocycles. The predicted molar refractivity (Wildman–Crippen MR) is 84.1 cm³/mol. The number of hydrogen-bond donors (Lipinski definition) is 1. The molecule has 1 aliphatic heterocycles. The van der Waals surface area contributed by atoms with Gasteiger partial charge in [0.25, 0.3) is 5.69 Å². The maximum Gasteiger partial charge on any atom is 0.269 e. The second kappa shape index (κ2) is 6.11. The molecule has 1 aliphatic rings. The van der Waals surface area contributed by atoms with Crippen molar-refractivity contribution in [2.24, 2.45) is 10.8 Å². The van der Waals surface area contributed by atoms with Crippen molar-refractivity contribution in [2.75, 3.05) is 0 Å². The predicted octanol–water partition coefficient (Wildman–Crippen LogP) is -0.429. The molecule has 0 saturated carbocycles. The van der Waals surface area contributed by atoms with Crippen LogP contribution in [0.15, 0.2) is 24.3 Å². The summed E-state index contributed by atoms with van der Waals surface area (Å²) >= 11 is 0. The molecule has 1 fully saturated rings. The minimum atomic E-state index is -1.61. The molecule has 25 heavy (non-hydrogen) atoms. The zero-order valence-corrected chi connectivity index (χ0v) is 14.4. The number of carbonyl (C=O) groups is 2. The Bertz CT molecular complexity index is 704. The summed E-state index contributed by atoms with van der Waals surface area (Å²) in [5.74, 6) is -3.94. The number of nitrogens with zero attached hydrogens (tertiary/aromatic N) is 1. The van der Waals surface area contributed by atoms with E-state index in [1.165, 1.54) is 38.1 Å². The zero-order chi connectivity index (χ0) is 19.2. The lowest BCUT2D eigenvalue weighted by molar-refractivity contribution is -0.385. The van der Waals surface area contributed by atoms with Crippen molar-refractivity contribution >= 4 is 17.6 Å². The molecule has 2 rings (SSSR count). The van der Waals surface area contributed by atoms with Crippen LogP contribution in [0, 0.1) is 20.9 Å². The van der Waals surface area contributed by atoms with Crippen molar-refractivity contribution in [2.45, 2.75) is 45.7 Å². The molecule has 0 amide bonds. The van der Waals surface area contributed by atoms with Crippen LogP contribution < -0.4 is 15.5 Å². The first-order chi connectivity index (χ1) is 11.5. The summed E-state index contributed by atoms with van der Waals surface area (Å²) in [5.41, 5.74) is -3.21. The van der Waals surface area contributed by atoms with Gasteiger partial charge in [-0.2, -0.15) is 0 Å². The molecule has 0 bridgehead atoms.